The molecule has 1 saturated heterocycles. The summed E-state index contributed by atoms with van der Waals surface area (Å²) >= 11 is 3.34. The summed E-state index contributed by atoms with van der Waals surface area (Å²) in [5.74, 6) is 0.109. The average molecular weight is 308 g/mol. The molecule has 17 heavy (non-hydrogen) atoms. The van der Waals surface area contributed by atoms with Crippen LogP contribution in [-0.4, -0.2) is 55.2 Å². The zero-order valence-corrected chi connectivity index (χ0v) is 12.1. The molecule has 1 fully saturated rings. The molecule has 100 valence electrons. The highest BCUT2D eigenvalue weighted by Crippen LogP contribution is 2.14. The first-order valence-electron chi connectivity index (χ1n) is 6.31. The highest BCUT2D eigenvalue weighted by Gasteiger charge is 2.22. The Hall–Kier alpha value is -0.130. The maximum atomic E-state index is 11.7. The second kappa shape index (κ2) is 8.89. The van der Waals surface area contributed by atoms with Crippen molar-refractivity contribution in [3.05, 3.63) is 0 Å². The average Bonchev–Trinajstić information content (AvgIpc) is 2.37. The smallest absolute Gasteiger partial charge is 0.248 e. The lowest BCUT2D eigenvalue weighted by atomic mass is 10.1. The summed E-state index contributed by atoms with van der Waals surface area (Å²) in [5.41, 5.74) is 0. The van der Waals surface area contributed by atoms with Gasteiger partial charge in [-0.05, 0) is 19.3 Å². The van der Waals surface area contributed by atoms with Crippen LogP contribution in [0.15, 0.2) is 0 Å². The van der Waals surface area contributed by atoms with Gasteiger partial charge in [-0.3, -0.25) is 4.79 Å². The van der Waals surface area contributed by atoms with Crippen LogP contribution in [0.4, 0.5) is 0 Å². The molecule has 0 atom stereocenters. The number of ether oxygens (including phenoxy) is 2. The Bertz CT molecular complexity index is 218. The van der Waals surface area contributed by atoms with E-state index >= 15 is 0 Å². The van der Waals surface area contributed by atoms with E-state index in [1.807, 2.05) is 11.8 Å². The van der Waals surface area contributed by atoms with Crippen molar-refractivity contribution in [3.63, 3.8) is 0 Å². The van der Waals surface area contributed by atoms with E-state index in [1.165, 1.54) is 0 Å². The van der Waals surface area contributed by atoms with E-state index < -0.39 is 0 Å². The summed E-state index contributed by atoms with van der Waals surface area (Å²) in [7, 11) is 0. The largest absolute Gasteiger partial charge is 0.377 e. The molecule has 0 radical (unpaired) electrons. The van der Waals surface area contributed by atoms with Gasteiger partial charge in [0.25, 0.3) is 0 Å². The molecule has 0 aromatic rings. The number of nitrogens with zero attached hydrogens (tertiary/aromatic N) is 1. The number of amides is 1. The molecule has 0 aromatic carbocycles. The fourth-order valence-corrected chi connectivity index (χ4v) is 2.07. The van der Waals surface area contributed by atoms with Gasteiger partial charge in [0, 0.05) is 25.0 Å². The van der Waals surface area contributed by atoms with Crippen molar-refractivity contribution >= 4 is 21.8 Å². The van der Waals surface area contributed by atoms with Crippen LogP contribution in [-0.2, 0) is 14.3 Å². The molecule has 0 saturated carbocycles. The molecule has 4 nitrogen and oxygen atoms in total. The second-order valence-corrected chi connectivity index (χ2v) is 4.99. The third-order valence-corrected chi connectivity index (χ3v) is 3.12. The second-order valence-electron chi connectivity index (χ2n) is 4.19. The van der Waals surface area contributed by atoms with Crippen LogP contribution >= 0.6 is 15.9 Å². The van der Waals surface area contributed by atoms with Gasteiger partial charge in [-0.15, -0.1) is 0 Å². The van der Waals surface area contributed by atoms with E-state index in [1.54, 1.807) is 0 Å². The minimum absolute atomic E-state index is 0.109. The number of rotatable bonds is 7. The van der Waals surface area contributed by atoms with Crippen LogP contribution in [0.5, 0.6) is 0 Å². The van der Waals surface area contributed by atoms with Crippen LogP contribution in [0.1, 0.15) is 26.2 Å². The van der Waals surface area contributed by atoms with E-state index in [2.05, 4.69) is 15.9 Å². The zero-order chi connectivity index (χ0) is 12.5. The quantitative estimate of drug-likeness (QED) is 0.532. The minimum Gasteiger partial charge on any atom is -0.377 e. The lowest BCUT2D eigenvalue weighted by Gasteiger charge is -2.31. The molecule has 1 aliphatic heterocycles. The molecule has 1 aliphatic rings. The van der Waals surface area contributed by atoms with Crippen LogP contribution < -0.4 is 0 Å². The van der Waals surface area contributed by atoms with Crippen molar-refractivity contribution in [2.24, 2.45) is 0 Å². The first kappa shape index (κ1) is 14.9. The number of alkyl halides is 1. The Morgan fingerprint density at radius 1 is 1.35 bits per heavy atom. The lowest BCUT2D eigenvalue weighted by Crippen LogP contribution is -2.42. The van der Waals surface area contributed by atoms with Gasteiger partial charge in [-0.1, -0.05) is 22.9 Å². The third-order valence-electron chi connectivity index (χ3n) is 2.80. The summed E-state index contributed by atoms with van der Waals surface area (Å²) in [6.07, 6.45) is 3.14. The van der Waals surface area contributed by atoms with Crippen LogP contribution in [0, 0.1) is 0 Å². The van der Waals surface area contributed by atoms with E-state index in [9.17, 15) is 4.79 Å². The van der Waals surface area contributed by atoms with Crippen molar-refractivity contribution in [2.45, 2.75) is 32.3 Å². The predicted octanol–water partition coefficient (Wildman–Crippen LogP) is 1.82. The number of hydrogen-bond acceptors (Lipinski definition) is 3. The minimum atomic E-state index is 0.109. The van der Waals surface area contributed by atoms with Gasteiger partial charge < -0.3 is 14.4 Å². The molecule has 1 heterocycles. The summed E-state index contributed by atoms with van der Waals surface area (Å²) < 4.78 is 10.9. The molecular weight excluding hydrogens is 286 g/mol. The molecule has 0 bridgehead atoms. The number of piperidine rings is 1. The van der Waals surface area contributed by atoms with Crippen LogP contribution in [0.25, 0.3) is 0 Å². The van der Waals surface area contributed by atoms with E-state index in [4.69, 9.17) is 9.47 Å². The first-order valence-corrected chi connectivity index (χ1v) is 7.43. The summed E-state index contributed by atoms with van der Waals surface area (Å²) in [6.45, 7) is 5.26. The fraction of sp³-hybridized carbons (Fsp3) is 0.917. The highest BCUT2D eigenvalue weighted by atomic mass is 79.9. The van der Waals surface area contributed by atoms with Gasteiger partial charge in [0.2, 0.25) is 5.91 Å². The summed E-state index contributed by atoms with van der Waals surface area (Å²) in [5, 5.41) is 0.872. The van der Waals surface area contributed by atoms with Gasteiger partial charge in [0.05, 0.1) is 12.7 Å². The topological polar surface area (TPSA) is 38.8 Å². The van der Waals surface area contributed by atoms with Crippen molar-refractivity contribution in [2.75, 3.05) is 38.2 Å². The molecule has 5 heteroatoms. The molecule has 0 N–H and O–H groups in total. The standard InChI is InChI=1S/C12H22BrNO3/c1-2-8-16-10-12(15)14-6-3-11(4-7-14)17-9-5-13/h11H,2-10H2,1H3. The number of halogens is 1. The first-order chi connectivity index (χ1) is 8.27. The van der Waals surface area contributed by atoms with Gasteiger partial charge >= 0.3 is 0 Å². The Labute approximate surface area is 112 Å². The molecule has 0 unspecified atom stereocenters. The summed E-state index contributed by atoms with van der Waals surface area (Å²) in [4.78, 5) is 13.6. The maximum Gasteiger partial charge on any atom is 0.248 e. The van der Waals surface area contributed by atoms with Gasteiger partial charge in [-0.2, -0.15) is 0 Å². The number of carbonyl (C=O) groups excluding carboxylic acids is 1. The normalized spacial score (nSPS) is 17.4. The van der Waals surface area contributed by atoms with Crippen molar-refractivity contribution < 1.29 is 14.3 Å². The Kier molecular flexibility index (Phi) is 7.81. The lowest BCUT2D eigenvalue weighted by molar-refractivity contribution is -0.138. The van der Waals surface area contributed by atoms with Crippen LogP contribution in [0.2, 0.25) is 0 Å². The van der Waals surface area contributed by atoms with Crippen molar-refractivity contribution in [3.8, 4) is 0 Å². The Balaban J connectivity index is 2.15. The molecular formula is C12H22BrNO3. The predicted molar refractivity (Wildman–Crippen MR) is 70.5 cm³/mol. The number of likely N-dealkylation sites (tertiary alicyclic amines) is 1. The Morgan fingerprint density at radius 3 is 2.65 bits per heavy atom. The summed E-state index contributed by atoms with van der Waals surface area (Å²) in [6, 6.07) is 0. The van der Waals surface area contributed by atoms with Crippen LogP contribution in [0.3, 0.4) is 0 Å². The number of hydrogen-bond donors (Lipinski definition) is 0. The van der Waals surface area contributed by atoms with E-state index in [0.717, 1.165) is 44.3 Å². The van der Waals surface area contributed by atoms with Gasteiger partial charge in [-0.25, -0.2) is 0 Å². The molecule has 0 spiro atoms. The fourth-order valence-electron chi connectivity index (χ4n) is 1.88. The molecule has 1 rings (SSSR count). The van der Waals surface area contributed by atoms with Gasteiger partial charge in [0.1, 0.15) is 6.61 Å². The Morgan fingerprint density at radius 2 is 2.06 bits per heavy atom. The SMILES string of the molecule is CCCOCC(=O)N1CCC(OCCBr)CC1. The highest BCUT2D eigenvalue weighted by molar-refractivity contribution is 9.09. The molecule has 1 amide bonds. The van der Waals surface area contributed by atoms with Crippen molar-refractivity contribution in [1.29, 1.82) is 0 Å². The van der Waals surface area contributed by atoms with E-state index in [0.29, 0.717) is 12.7 Å². The monoisotopic (exact) mass is 307 g/mol. The van der Waals surface area contributed by atoms with Gasteiger partial charge in [0.15, 0.2) is 0 Å². The zero-order valence-electron chi connectivity index (χ0n) is 10.5. The third kappa shape index (κ3) is 5.84. The molecule has 0 aliphatic carbocycles. The molecule has 0 aromatic heterocycles. The maximum absolute atomic E-state index is 11.7. The van der Waals surface area contributed by atoms with Crippen molar-refractivity contribution in [1.82, 2.24) is 4.90 Å². The van der Waals surface area contributed by atoms with E-state index in [-0.39, 0.29) is 12.5 Å². The number of carbonyl (C=O) groups is 1.